The summed E-state index contributed by atoms with van der Waals surface area (Å²) in [6, 6.07) is 18.1. The largest absolute Gasteiger partial charge is 0.372 e. The molecule has 12 nitrogen and oxygen atoms in total. The number of allylic oxidation sites excluding steroid dienone is 1. The van der Waals surface area contributed by atoms with Gasteiger partial charge in [0.05, 0.1) is 30.6 Å². The van der Waals surface area contributed by atoms with Crippen LogP contribution in [0.5, 0.6) is 0 Å². The average molecular weight is 745 g/mol. The summed E-state index contributed by atoms with van der Waals surface area (Å²) < 4.78 is 17.5. The predicted molar refractivity (Wildman–Crippen MR) is 203 cm³/mol. The molecule has 0 spiro atoms. The van der Waals surface area contributed by atoms with Crippen molar-refractivity contribution in [3.63, 3.8) is 0 Å². The van der Waals surface area contributed by atoms with Gasteiger partial charge in [-0.1, -0.05) is 80.6 Å². The molecule has 0 saturated heterocycles. The number of hydrogen-bond donors (Lipinski definition) is 5. The van der Waals surface area contributed by atoms with Crippen LogP contribution in [0.15, 0.2) is 72.8 Å². The van der Waals surface area contributed by atoms with Gasteiger partial charge in [-0.25, -0.2) is 0 Å². The van der Waals surface area contributed by atoms with Gasteiger partial charge >= 0.3 is 7.60 Å². The van der Waals surface area contributed by atoms with Gasteiger partial charge in [0, 0.05) is 18.9 Å². The van der Waals surface area contributed by atoms with E-state index in [2.05, 4.69) is 36.6 Å². The molecule has 0 saturated carbocycles. The highest BCUT2D eigenvalue weighted by molar-refractivity contribution is 7.50. The molecule has 3 aromatic rings. The van der Waals surface area contributed by atoms with Gasteiger partial charge in [-0.05, 0) is 78.0 Å². The van der Waals surface area contributed by atoms with E-state index in [9.17, 15) is 33.5 Å². The Hall–Kier alpha value is -4.61. The molecule has 6 N–H and O–H groups in total. The SMILES string of the molecule is C/C(=C\C(=O)N[C@H]1CCc2cccc3c2N(C1=O)[C@H](C(=O)N[C@@H](CCC(N)=O)[C@@H](C)OCc1ccc(C(C)C)cc1)C3)c1ccc(CP(=O)(O)O)cc1. The summed E-state index contributed by atoms with van der Waals surface area (Å²) in [5.41, 5.74) is 11.9. The zero-order valence-electron chi connectivity index (χ0n) is 30.6. The second-order valence-corrected chi connectivity index (χ2v) is 16.0. The number of amides is 4. The summed E-state index contributed by atoms with van der Waals surface area (Å²) in [5, 5.41) is 5.92. The van der Waals surface area contributed by atoms with Crippen LogP contribution in [-0.4, -0.2) is 57.6 Å². The van der Waals surface area contributed by atoms with E-state index in [-0.39, 0.29) is 19.0 Å². The summed E-state index contributed by atoms with van der Waals surface area (Å²) in [4.78, 5) is 73.5. The Morgan fingerprint density at radius 2 is 1.66 bits per heavy atom. The predicted octanol–water partition coefficient (Wildman–Crippen LogP) is 4.64. The molecule has 2 heterocycles. The Morgan fingerprint density at radius 3 is 2.30 bits per heavy atom. The molecule has 4 amide bonds. The molecule has 282 valence electrons. The molecular formula is C40H49N4O8P. The summed E-state index contributed by atoms with van der Waals surface area (Å²) >= 11 is 0. The molecule has 13 heteroatoms. The maximum Gasteiger partial charge on any atom is 0.329 e. The van der Waals surface area contributed by atoms with Crippen LogP contribution in [0.3, 0.4) is 0 Å². The number of aryl methyl sites for hydroxylation is 1. The van der Waals surface area contributed by atoms with Gasteiger partial charge < -0.3 is 30.9 Å². The number of carbonyl (C=O) groups is 4. The number of rotatable bonds is 15. The van der Waals surface area contributed by atoms with Crippen molar-refractivity contribution in [3.05, 3.63) is 106 Å². The van der Waals surface area contributed by atoms with Crippen molar-refractivity contribution in [1.29, 1.82) is 0 Å². The lowest BCUT2D eigenvalue weighted by molar-refractivity contribution is -0.129. The van der Waals surface area contributed by atoms with Crippen molar-refractivity contribution in [3.8, 4) is 0 Å². The third-order valence-corrected chi connectivity index (χ3v) is 10.7. The fraction of sp³-hybridized carbons (Fsp3) is 0.400. The average Bonchev–Trinajstić information content (AvgIpc) is 3.44. The van der Waals surface area contributed by atoms with Gasteiger partial charge in [0.2, 0.25) is 23.6 Å². The zero-order valence-corrected chi connectivity index (χ0v) is 31.5. The molecule has 0 unspecified atom stereocenters. The van der Waals surface area contributed by atoms with E-state index in [1.807, 2.05) is 37.3 Å². The number of anilines is 1. The highest BCUT2D eigenvalue weighted by atomic mass is 31.2. The molecule has 4 atom stereocenters. The van der Waals surface area contributed by atoms with Crippen molar-refractivity contribution >= 4 is 42.5 Å². The van der Waals surface area contributed by atoms with Crippen LogP contribution in [0.2, 0.25) is 0 Å². The smallest absolute Gasteiger partial charge is 0.329 e. The highest BCUT2D eigenvalue weighted by Crippen LogP contribution is 2.40. The third-order valence-electron chi connectivity index (χ3n) is 9.93. The number of carbonyl (C=O) groups excluding carboxylic acids is 4. The molecule has 2 aliphatic heterocycles. The summed E-state index contributed by atoms with van der Waals surface area (Å²) in [7, 11) is -4.21. The third kappa shape index (κ3) is 10.3. The molecule has 3 aromatic carbocycles. The molecular weight excluding hydrogens is 695 g/mol. The number of para-hydroxylation sites is 1. The summed E-state index contributed by atoms with van der Waals surface area (Å²) in [6.45, 7) is 8.14. The zero-order chi connectivity index (χ0) is 38.4. The number of nitrogens with two attached hydrogens (primary N) is 1. The van der Waals surface area contributed by atoms with Gasteiger partial charge in [0.25, 0.3) is 0 Å². The number of benzene rings is 3. The minimum Gasteiger partial charge on any atom is -0.372 e. The van der Waals surface area contributed by atoms with E-state index in [1.165, 1.54) is 16.5 Å². The van der Waals surface area contributed by atoms with Crippen LogP contribution in [0.25, 0.3) is 5.57 Å². The van der Waals surface area contributed by atoms with E-state index in [1.54, 1.807) is 31.2 Å². The van der Waals surface area contributed by atoms with Crippen molar-refractivity contribution < 1.29 is 38.3 Å². The van der Waals surface area contributed by atoms with Gasteiger partial charge in [0.1, 0.15) is 12.1 Å². The van der Waals surface area contributed by atoms with Gasteiger partial charge in [0.15, 0.2) is 0 Å². The minimum absolute atomic E-state index is 0.0397. The second-order valence-electron chi connectivity index (χ2n) is 14.3. The normalized spacial score (nSPS) is 18.3. The van der Waals surface area contributed by atoms with E-state index in [4.69, 9.17) is 10.5 Å². The Morgan fingerprint density at radius 1 is 1.00 bits per heavy atom. The summed E-state index contributed by atoms with van der Waals surface area (Å²) in [6.07, 6.45) is 1.95. The first-order valence-corrected chi connectivity index (χ1v) is 19.7. The highest BCUT2D eigenvalue weighted by Gasteiger charge is 2.44. The standard InChI is InChI=1S/C40H49N4O8P/c1-24(2)29-12-8-27(9-13-29)22-52-26(4)33(18-19-36(41)45)43-39(47)35-21-32-7-5-6-31-16-17-34(40(48)44(35)38(31)32)42-37(46)20-25(3)30-14-10-28(11-15-30)23-53(49,50)51/h5-15,20,24,26,33-35H,16-19,21-23H2,1-4H3,(H2,41,45)(H,42,46)(H,43,47)(H2,49,50,51)/b25-20+/t26-,33+,34+,35+/m1/s1. The molecule has 0 radical (unpaired) electrons. The van der Waals surface area contributed by atoms with Crippen LogP contribution in [-0.2, 0) is 54.1 Å². The molecule has 2 aliphatic rings. The van der Waals surface area contributed by atoms with Crippen LogP contribution >= 0.6 is 7.60 Å². The Kier molecular flexibility index (Phi) is 12.7. The van der Waals surface area contributed by atoms with E-state index in [0.29, 0.717) is 54.2 Å². The van der Waals surface area contributed by atoms with Crippen LogP contribution in [0, 0.1) is 0 Å². The van der Waals surface area contributed by atoms with Crippen LogP contribution < -0.4 is 21.3 Å². The number of nitrogens with one attached hydrogen (secondary N) is 2. The quantitative estimate of drug-likeness (QED) is 0.110. The fourth-order valence-corrected chi connectivity index (χ4v) is 7.61. The van der Waals surface area contributed by atoms with Crippen molar-refractivity contribution in [2.24, 2.45) is 5.73 Å². The van der Waals surface area contributed by atoms with Gasteiger partial charge in [-0.2, -0.15) is 0 Å². The first-order chi connectivity index (χ1) is 25.1. The molecule has 0 bridgehead atoms. The molecule has 0 aliphatic carbocycles. The lowest BCUT2D eigenvalue weighted by atomic mass is 10.0. The van der Waals surface area contributed by atoms with E-state index >= 15 is 0 Å². The van der Waals surface area contributed by atoms with Crippen LogP contribution in [0.4, 0.5) is 5.69 Å². The Labute approximate surface area is 310 Å². The van der Waals surface area contributed by atoms with Gasteiger partial charge in [-0.3, -0.25) is 28.6 Å². The maximum atomic E-state index is 14.3. The monoisotopic (exact) mass is 744 g/mol. The molecule has 5 rings (SSSR count). The van der Waals surface area contributed by atoms with Gasteiger partial charge in [-0.15, -0.1) is 0 Å². The topological polar surface area (TPSA) is 188 Å². The number of ether oxygens (including phenoxy) is 1. The van der Waals surface area contributed by atoms with Crippen molar-refractivity contribution in [2.75, 3.05) is 4.90 Å². The minimum atomic E-state index is -4.21. The van der Waals surface area contributed by atoms with Crippen molar-refractivity contribution in [2.45, 2.75) is 103 Å². The number of primary amides is 1. The van der Waals surface area contributed by atoms with E-state index in [0.717, 1.165) is 16.7 Å². The molecule has 0 fully saturated rings. The van der Waals surface area contributed by atoms with Crippen molar-refractivity contribution in [1.82, 2.24) is 10.6 Å². The Bertz CT molecular complexity index is 1900. The molecule has 0 aromatic heterocycles. The first kappa shape index (κ1) is 39.6. The van der Waals surface area contributed by atoms with E-state index < -0.39 is 55.5 Å². The second kappa shape index (κ2) is 17.0. The lowest BCUT2D eigenvalue weighted by Gasteiger charge is -2.31. The number of nitrogens with zero attached hydrogens (tertiary/aromatic N) is 1. The first-order valence-electron chi connectivity index (χ1n) is 17.9. The fourth-order valence-electron chi connectivity index (χ4n) is 6.92. The Balaban J connectivity index is 1.30. The maximum absolute atomic E-state index is 14.3. The summed E-state index contributed by atoms with van der Waals surface area (Å²) in [5.74, 6) is -1.36. The van der Waals surface area contributed by atoms with Crippen LogP contribution in [0.1, 0.15) is 86.3 Å². The molecule has 53 heavy (non-hydrogen) atoms. The number of hydrogen-bond acceptors (Lipinski definition) is 6. The lowest BCUT2D eigenvalue weighted by Crippen LogP contribution is -2.56.